The molecule has 0 spiro atoms. The second kappa shape index (κ2) is 4.70. The molecule has 0 aliphatic carbocycles. The number of rotatable bonds is 2. The molecule has 20 heavy (non-hydrogen) atoms. The molecule has 0 saturated heterocycles. The van der Waals surface area contributed by atoms with Gasteiger partial charge in [0.15, 0.2) is 0 Å². The van der Waals surface area contributed by atoms with Crippen LogP contribution in [0.3, 0.4) is 0 Å². The molecule has 1 aromatic carbocycles. The molecule has 5 nitrogen and oxygen atoms in total. The van der Waals surface area contributed by atoms with Gasteiger partial charge < -0.3 is 14.5 Å². The van der Waals surface area contributed by atoms with Gasteiger partial charge >= 0.3 is 5.97 Å². The highest BCUT2D eigenvalue weighted by molar-refractivity contribution is 6.34. The highest BCUT2D eigenvalue weighted by Crippen LogP contribution is 2.32. The van der Waals surface area contributed by atoms with Crippen molar-refractivity contribution < 1.29 is 18.7 Å². The summed E-state index contributed by atoms with van der Waals surface area (Å²) < 4.78 is 9.89. The molecule has 1 aliphatic rings. The van der Waals surface area contributed by atoms with Crippen molar-refractivity contribution in [1.29, 1.82) is 0 Å². The van der Waals surface area contributed by atoms with Crippen LogP contribution in [-0.4, -0.2) is 19.0 Å². The monoisotopic (exact) mass is 269 g/mol. The van der Waals surface area contributed by atoms with Gasteiger partial charge in [0.05, 0.1) is 12.7 Å². The van der Waals surface area contributed by atoms with Gasteiger partial charge in [-0.3, -0.25) is 4.79 Å². The summed E-state index contributed by atoms with van der Waals surface area (Å²) >= 11 is 0. The van der Waals surface area contributed by atoms with Crippen LogP contribution >= 0.6 is 0 Å². The number of para-hydroxylation sites is 1. The minimum atomic E-state index is -0.550. The third-order valence-electron chi connectivity index (χ3n) is 3.01. The van der Waals surface area contributed by atoms with Gasteiger partial charge in [-0.25, -0.2) is 4.79 Å². The second-order valence-electron chi connectivity index (χ2n) is 4.25. The largest absolute Gasteiger partial charge is 0.463 e. The van der Waals surface area contributed by atoms with E-state index in [-0.39, 0.29) is 11.7 Å². The number of furan rings is 1. The van der Waals surface area contributed by atoms with Crippen molar-refractivity contribution in [1.82, 2.24) is 0 Å². The summed E-state index contributed by atoms with van der Waals surface area (Å²) in [4.78, 5) is 23.2. The Morgan fingerprint density at radius 1 is 1.25 bits per heavy atom. The number of carbonyl (C=O) groups excluding carboxylic acids is 2. The molecule has 2 aromatic rings. The molecule has 2 heterocycles. The summed E-state index contributed by atoms with van der Waals surface area (Å²) in [7, 11) is 1.28. The van der Waals surface area contributed by atoms with Crippen LogP contribution in [0.1, 0.15) is 21.9 Å². The normalized spacial score (nSPS) is 15.1. The van der Waals surface area contributed by atoms with Crippen molar-refractivity contribution >= 4 is 29.2 Å². The lowest BCUT2D eigenvalue weighted by molar-refractivity contribution is -0.110. The van der Waals surface area contributed by atoms with Crippen molar-refractivity contribution in [2.45, 2.75) is 0 Å². The molecule has 0 saturated carbocycles. The lowest BCUT2D eigenvalue weighted by Gasteiger charge is -1.96. The molecule has 0 radical (unpaired) electrons. The average Bonchev–Trinajstić information content (AvgIpc) is 3.04. The minimum absolute atomic E-state index is 0.103. The lowest BCUT2D eigenvalue weighted by atomic mass is 10.1. The zero-order valence-corrected chi connectivity index (χ0v) is 10.7. The van der Waals surface area contributed by atoms with Gasteiger partial charge in [0.25, 0.3) is 5.91 Å². The van der Waals surface area contributed by atoms with E-state index in [1.807, 2.05) is 24.3 Å². The van der Waals surface area contributed by atoms with Crippen LogP contribution in [0.4, 0.5) is 5.69 Å². The molecule has 0 atom stereocenters. The van der Waals surface area contributed by atoms with Gasteiger partial charge in [-0.1, -0.05) is 18.2 Å². The first kappa shape index (κ1) is 12.2. The van der Waals surface area contributed by atoms with Crippen LogP contribution in [0.25, 0.3) is 11.6 Å². The van der Waals surface area contributed by atoms with Gasteiger partial charge in [-0.05, 0) is 24.3 Å². The number of hydrogen-bond donors (Lipinski definition) is 1. The maximum absolute atomic E-state index is 11.9. The van der Waals surface area contributed by atoms with Crippen LogP contribution in [0.2, 0.25) is 0 Å². The minimum Gasteiger partial charge on any atom is -0.463 e. The number of esters is 1. The Morgan fingerprint density at radius 2 is 2.05 bits per heavy atom. The summed E-state index contributed by atoms with van der Waals surface area (Å²) in [6, 6.07) is 10.5. The zero-order chi connectivity index (χ0) is 14.1. The first-order chi connectivity index (χ1) is 9.69. The van der Waals surface area contributed by atoms with E-state index in [0.717, 1.165) is 11.3 Å². The second-order valence-corrected chi connectivity index (χ2v) is 4.25. The quantitative estimate of drug-likeness (QED) is 0.672. The van der Waals surface area contributed by atoms with E-state index >= 15 is 0 Å². The molecule has 1 aliphatic heterocycles. The molecule has 3 rings (SSSR count). The summed E-state index contributed by atoms with van der Waals surface area (Å²) in [6.07, 6.45) is 1.60. The average molecular weight is 269 g/mol. The third kappa shape index (κ3) is 1.99. The van der Waals surface area contributed by atoms with Crippen molar-refractivity contribution in [3.8, 4) is 0 Å². The Bertz CT molecular complexity index is 727. The Balaban J connectivity index is 1.98. The van der Waals surface area contributed by atoms with E-state index in [1.54, 1.807) is 12.1 Å². The van der Waals surface area contributed by atoms with E-state index < -0.39 is 5.97 Å². The topological polar surface area (TPSA) is 68.5 Å². The van der Waals surface area contributed by atoms with Crippen LogP contribution in [0, 0.1) is 0 Å². The molecule has 5 heteroatoms. The smallest absolute Gasteiger partial charge is 0.373 e. The Labute approximate surface area is 114 Å². The summed E-state index contributed by atoms with van der Waals surface area (Å²) in [5.41, 5.74) is 2.09. The van der Waals surface area contributed by atoms with E-state index in [9.17, 15) is 9.59 Å². The van der Waals surface area contributed by atoms with Crippen molar-refractivity contribution in [3.05, 3.63) is 53.5 Å². The maximum atomic E-state index is 11.9. The number of nitrogens with one attached hydrogen (secondary N) is 1. The third-order valence-corrected chi connectivity index (χ3v) is 3.01. The van der Waals surface area contributed by atoms with Crippen molar-refractivity contribution in [2.24, 2.45) is 0 Å². The van der Waals surface area contributed by atoms with Crippen molar-refractivity contribution in [3.63, 3.8) is 0 Å². The summed E-state index contributed by atoms with van der Waals surface area (Å²) in [6.45, 7) is 0. The fourth-order valence-corrected chi connectivity index (χ4v) is 2.07. The fraction of sp³-hybridized carbons (Fsp3) is 0.0667. The highest BCUT2D eigenvalue weighted by Gasteiger charge is 2.24. The molecule has 0 bridgehead atoms. The van der Waals surface area contributed by atoms with Gasteiger partial charge in [-0.15, -0.1) is 0 Å². The number of hydrogen-bond acceptors (Lipinski definition) is 4. The molecular formula is C15H11NO4. The molecule has 1 aromatic heterocycles. The molecule has 1 N–H and O–H groups in total. The summed E-state index contributed by atoms with van der Waals surface area (Å²) in [5, 5.41) is 2.77. The van der Waals surface area contributed by atoms with Crippen molar-refractivity contribution in [2.75, 3.05) is 12.4 Å². The lowest BCUT2D eigenvalue weighted by Crippen LogP contribution is -2.03. The fourth-order valence-electron chi connectivity index (χ4n) is 2.07. The van der Waals surface area contributed by atoms with Crippen LogP contribution in [0.15, 0.2) is 40.8 Å². The summed E-state index contributed by atoms with van der Waals surface area (Å²) in [5.74, 6) is -0.216. The van der Waals surface area contributed by atoms with Gasteiger partial charge in [0.1, 0.15) is 5.76 Å². The number of ether oxygens (including phenoxy) is 1. The number of methoxy groups -OCH3 is 1. The first-order valence-corrected chi connectivity index (χ1v) is 5.99. The van der Waals surface area contributed by atoms with E-state index in [0.29, 0.717) is 11.3 Å². The molecule has 1 amide bonds. The van der Waals surface area contributed by atoms with Gasteiger partial charge in [0, 0.05) is 11.3 Å². The Hall–Kier alpha value is -2.82. The van der Waals surface area contributed by atoms with E-state index in [1.165, 1.54) is 13.2 Å². The Kier molecular flexibility index (Phi) is 2.87. The zero-order valence-electron chi connectivity index (χ0n) is 10.7. The van der Waals surface area contributed by atoms with E-state index in [2.05, 4.69) is 10.1 Å². The molecular weight excluding hydrogens is 258 g/mol. The standard InChI is InChI=1S/C15H11NO4/c1-19-15(18)13-7-6-9(20-13)8-11-10-4-2-3-5-12(10)16-14(11)17/h2-8H,1H3,(H,16,17)/b11-8+. The van der Waals surface area contributed by atoms with Crippen LogP contribution in [0.5, 0.6) is 0 Å². The van der Waals surface area contributed by atoms with Gasteiger partial charge in [-0.2, -0.15) is 0 Å². The first-order valence-electron chi connectivity index (χ1n) is 5.99. The number of anilines is 1. The van der Waals surface area contributed by atoms with Crippen LogP contribution < -0.4 is 5.32 Å². The number of fused-ring (bicyclic) bond motifs is 1. The highest BCUT2D eigenvalue weighted by atomic mass is 16.5. The van der Waals surface area contributed by atoms with Crippen LogP contribution in [-0.2, 0) is 9.53 Å². The van der Waals surface area contributed by atoms with Gasteiger partial charge in [0.2, 0.25) is 5.76 Å². The number of carbonyl (C=O) groups is 2. The SMILES string of the molecule is COC(=O)c1ccc(/C=C2/C(=O)Nc3ccccc32)o1. The number of amides is 1. The molecule has 100 valence electrons. The maximum Gasteiger partial charge on any atom is 0.373 e. The Morgan fingerprint density at radius 3 is 2.85 bits per heavy atom. The van der Waals surface area contributed by atoms with E-state index in [4.69, 9.17) is 4.42 Å². The number of benzene rings is 1. The molecule has 0 fully saturated rings. The predicted molar refractivity (Wildman–Crippen MR) is 73.0 cm³/mol. The predicted octanol–water partition coefficient (Wildman–Crippen LogP) is 2.56. The molecule has 0 unspecified atom stereocenters.